The molecule has 2 aromatic carbocycles. The first-order chi connectivity index (χ1) is 19.9. The number of aromatic carboxylic acids is 1. The van der Waals surface area contributed by atoms with Gasteiger partial charge < -0.3 is 40.3 Å². The van der Waals surface area contributed by atoms with Crippen LogP contribution in [-0.2, 0) is 25.8 Å². The molecule has 0 aliphatic carbocycles. The summed E-state index contributed by atoms with van der Waals surface area (Å²) in [5.74, 6) is -6.68. The summed E-state index contributed by atoms with van der Waals surface area (Å²) in [6, 6.07) is 0.0635. The van der Waals surface area contributed by atoms with Gasteiger partial charge in [-0.05, 0) is 30.2 Å². The fourth-order valence-electron chi connectivity index (χ4n) is 4.50. The molecule has 7 N–H and O–H groups in total. The van der Waals surface area contributed by atoms with E-state index in [1.807, 2.05) is 0 Å². The Labute approximate surface area is 242 Å². The Morgan fingerprint density at radius 2 is 1.88 bits per heavy atom. The largest absolute Gasteiger partial charge is 0.547 e. The van der Waals surface area contributed by atoms with Crippen LogP contribution in [0.3, 0.4) is 0 Å². The van der Waals surface area contributed by atoms with Crippen LogP contribution < -0.4 is 20.6 Å². The molecule has 230 valence electrons. The summed E-state index contributed by atoms with van der Waals surface area (Å²) in [4.78, 5) is 69.6. The van der Waals surface area contributed by atoms with Crippen molar-refractivity contribution in [2.24, 2.45) is 0 Å². The maximum absolute atomic E-state index is 14.7. The zero-order chi connectivity index (χ0) is 32.0. The smallest absolute Gasteiger partial charge is 0.534 e. The number of rotatable bonds is 7. The zero-order valence-electron chi connectivity index (χ0n) is 21.9. The molecular formula is C22H23BFN4O13PS. The van der Waals surface area contributed by atoms with Gasteiger partial charge in [0.05, 0.1) is 30.8 Å². The van der Waals surface area contributed by atoms with Crippen LogP contribution in [0.2, 0.25) is 0 Å². The van der Waals surface area contributed by atoms with Gasteiger partial charge in [0.2, 0.25) is 15.9 Å². The molecule has 17 nitrogen and oxygen atoms in total. The molecule has 1 fully saturated rings. The van der Waals surface area contributed by atoms with Crippen LogP contribution in [-0.4, -0.2) is 99.0 Å². The van der Waals surface area contributed by atoms with Crippen molar-refractivity contribution in [3.05, 3.63) is 52.8 Å². The number of para-hydroxylation sites is 1. The normalized spacial score (nSPS) is 17.7. The third-order valence-corrected chi connectivity index (χ3v) is 8.65. The number of urea groups is 2. The monoisotopic (exact) mass is 644 g/mol. The van der Waals surface area contributed by atoms with Crippen molar-refractivity contribution in [3.8, 4) is 11.5 Å². The predicted octanol–water partition coefficient (Wildman–Crippen LogP) is -1.38. The van der Waals surface area contributed by atoms with E-state index in [-0.39, 0.29) is 23.3 Å². The van der Waals surface area contributed by atoms with Gasteiger partial charge in [-0.3, -0.25) is 9.36 Å². The number of fused-ring (bicyclic) bond motifs is 1. The molecule has 2 aromatic rings. The molecule has 43 heavy (non-hydrogen) atoms. The number of amides is 5. The van der Waals surface area contributed by atoms with Crippen molar-refractivity contribution >= 4 is 54.0 Å². The summed E-state index contributed by atoms with van der Waals surface area (Å²) in [6.45, 7) is -0.858. The SMILES string of the molecule is CS(=O)(=O)N1CCN(C(=O)N[C@@H](C(=O)N[C@H]2Cc3cccc(C(=O)O)c3OB2O)c2cc(F)c(P(=O)(O)O)cc2O)C1=O. The van der Waals surface area contributed by atoms with Gasteiger partial charge in [0.25, 0.3) is 0 Å². The minimum Gasteiger partial charge on any atom is -0.534 e. The van der Waals surface area contributed by atoms with Crippen molar-refractivity contribution in [3.63, 3.8) is 0 Å². The van der Waals surface area contributed by atoms with E-state index >= 15 is 0 Å². The highest BCUT2D eigenvalue weighted by Gasteiger charge is 2.42. The van der Waals surface area contributed by atoms with Gasteiger partial charge in [0.1, 0.15) is 28.7 Å². The van der Waals surface area contributed by atoms with Gasteiger partial charge in [-0.25, -0.2) is 36.4 Å². The number of carboxylic acid groups (broad SMARTS) is 1. The molecule has 2 aliphatic rings. The number of carbonyl (C=O) groups excluding carboxylic acids is 3. The van der Waals surface area contributed by atoms with Crippen LogP contribution >= 0.6 is 7.60 Å². The van der Waals surface area contributed by atoms with Crippen LogP contribution in [0, 0.1) is 5.82 Å². The molecule has 4 rings (SSSR count). The number of imide groups is 1. The molecular weight excluding hydrogens is 621 g/mol. The van der Waals surface area contributed by atoms with E-state index in [4.69, 9.17) is 4.65 Å². The molecule has 2 aliphatic heterocycles. The van der Waals surface area contributed by atoms with E-state index in [9.17, 15) is 61.6 Å². The molecule has 2 heterocycles. The number of carboxylic acids is 1. The van der Waals surface area contributed by atoms with Crippen molar-refractivity contribution < 1.29 is 66.2 Å². The average molecular weight is 644 g/mol. The van der Waals surface area contributed by atoms with Gasteiger partial charge in [0, 0.05) is 5.56 Å². The number of aromatic hydroxyl groups is 1. The van der Waals surface area contributed by atoms with Crippen molar-refractivity contribution in [1.82, 2.24) is 19.8 Å². The summed E-state index contributed by atoms with van der Waals surface area (Å²) < 4.78 is 55.7. The fourth-order valence-corrected chi connectivity index (χ4v) is 5.93. The topological polar surface area (TPSA) is 260 Å². The minimum absolute atomic E-state index is 0.159. The van der Waals surface area contributed by atoms with Crippen molar-refractivity contribution in [1.29, 1.82) is 0 Å². The summed E-state index contributed by atoms with van der Waals surface area (Å²) >= 11 is 0. The molecule has 0 saturated carbocycles. The first-order valence-electron chi connectivity index (χ1n) is 12.1. The van der Waals surface area contributed by atoms with Gasteiger partial charge >= 0.3 is 32.7 Å². The molecule has 0 spiro atoms. The number of nitrogens with one attached hydrogen (secondary N) is 2. The highest BCUT2D eigenvalue weighted by atomic mass is 32.2. The first-order valence-corrected chi connectivity index (χ1v) is 15.5. The van der Waals surface area contributed by atoms with Gasteiger partial charge in [0.15, 0.2) is 0 Å². The quantitative estimate of drug-likeness (QED) is 0.136. The van der Waals surface area contributed by atoms with Crippen LogP contribution in [0.1, 0.15) is 27.5 Å². The zero-order valence-corrected chi connectivity index (χ0v) is 23.6. The van der Waals surface area contributed by atoms with E-state index < -0.39 is 96.2 Å². The molecule has 0 aromatic heterocycles. The Hall–Kier alpha value is -4.23. The third kappa shape index (κ3) is 6.42. The second-order valence-corrected chi connectivity index (χ2v) is 13.0. The van der Waals surface area contributed by atoms with E-state index in [2.05, 4.69) is 10.6 Å². The number of benzene rings is 2. The number of hydrogen-bond donors (Lipinski definition) is 7. The molecule has 0 unspecified atom stereocenters. The predicted molar refractivity (Wildman–Crippen MR) is 142 cm³/mol. The van der Waals surface area contributed by atoms with Crippen molar-refractivity contribution in [2.45, 2.75) is 18.4 Å². The molecule has 5 amide bonds. The molecule has 21 heteroatoms. The molecule has 0 radical (unpaired) electrons. The van der Waals surface area contributed by atoms with E-state index in [0.717, 1.165) is 6.26 Å². The summed E-state index contributed by atoms with van der Waals surface area (Å²) in [5, 5.41) is 33.5. The Balaban J connectivity index is 1.67. The first kappa shape index (κ1) is 31.7. The number of phenols is 1. The number of sulfonamides is 1. The third-order valence-electron chi connectivity index (χ3n) is 6.54. The van der Waals surface area contributed by atoms with E-state index in [1.165, 1.54) is 18.2 Å². The Morgan fingerprint density at radius 1 is 1.21 bits per heavy atom. The van der Waals surface area contributed by atoms with E-state index in [1.54, 1.807) is 0 Å². The van der Waals surface area contributed by atoms with Crippen LogP contribution in [0.25, 0.3) is 0 Å². The van der Waals surface area contributed by atoms with Gasteiger partial charge in [-0.15, -0.1) is 0 Å². The fraction of sp³-hybridized carbons (Fsp3) is 0.273. The van der Waals surface area contributed by atoms with Crippen LogP contribution in [0.4, 0.5) is 14.0 Å². The standard InChI is InChI=1S/C22H23BFN4O13PS/c1-43(39,40)28-6-5-27(22(28)34)21(33)26-17(12-8-13(24)15(9-14(12)29)42(36,37)38)19(30)25-16-7-10-3-2-4-11(20(31)32)18(10)41-23(16)35/h2-4,8-9,16-17,29,35H,5-7H2,1H3,(H,25,30)(H,26,33)(H,31,32)(H2,36,37,38)/t16-,17+/m0/s1. The minimum atomic E-state index is -5.24. The Morgan fingerprint density at radius 3 is 2.47 bits per heavy atom. The van der Waals surface area contributed by atoms with Crippen LogP contribution in [0.15, 0.2) is 30.3 Å². The number of phenolic OH excluding ortho intramolecular Hbond substituents is 1. The lowest BCUT2D eigenvalue weighted by Gasteiger charge is -2.30. The second-order valence-electron chi connectivity index (χ2n) is 9.48. The average Bonchev–Trinajstić information content (AvgIpc) is 3.29. The maximum Gasteiger partial charge on any atom is 0.547 e. The number of carbonyl (C=O) groups is 4. The molecule has 1 saturated heterocycles. The molecule has 2 atom stereocenters. The maximum atomic E-state index is 14.7. The number of nitrogens with zero attached hydrogens (tertiary/aromatic N) is 2. The van der Waals surface area contributed by atoms with Gasteiger partial charge in [-0.2, -0.15) is 0 Å². The molecule has 0 bridgehead atoms. The number of hydrogen-bond acceptors (Lipinski definition) is 10. The van der Waals surface area contributed by atoms with Crippen molar-refractivity contribution in [2.75, 3.05) is 19.3 Å². The van der Waals surface area contributed by atoms with Gasteiger partial charge in [-0.1, -0.05) is 12.1 Å². The highest BCUT2D eigenvalue weighted by Crippen LogP contribution is 2.38. The number of halogens is 1. The lowest BCUT2D eigenvalue weighted by Crippen LogP contribution is -2.56. The van der Waals surface area contributed by atoms with E-state index in [0.29, 0.717) is 21.3 Å². The summed E-state index contributed by atoms with van der Waals surface area (Å²) in [6.07, 6.45) is 0.524. The second kappa shape index (κ2) is 11.5. The Bertz CT molecular complexity index is 1690. The lowest BCUT2D eigenvalue weighted by molar-refractivity contribution is -0.123. The summed E-state index contributed by atoms with van der Waals surface area (Å²) in [7, 11) is -11.1. The Kier molecular flexibility index (Phi) is 8.45. The van der Waals surface area contributed by atoms with Crippen LogP contribution in [0.5, 0.6) is 11.5 Å². The summed E-state index contributed by atoms with van der Waals surface area (Å²) in [5.41, 5.74) is -0.734. The highest BCUT2D eigenvalue weighted by molar-refractivity contribution is 7.88. The lowest BCUT2D eigenvalue weighted by atomic mass is 9.72.